The Balaban J connectivity index is 2.21. The van der Waals surface area contributed by atoms with Crippen LogP contribution in [0.25, 0.3) is 0 Å². The lowest BCUT2D eigenvalue weighted by atomic mass is 10.1. The van der Waals surface area contributed by atoms with Gasteiger partial charge in [-0.15, -0.1) is 0 Å². The van der Waals surface area contributed by atoms with Crippen molar-refractivity contribution in [1.82, 2.24) is 0 Å². The number of hydrogen-bond acceptors (Lipinski definition) is 1. The normalized spacial score (nSPS) is 17.1. The zero-order valence-corrected chi connectivity index (χ0v) is 10.3. The zero-order chi connectivity index (χ0) is 9.97. The van der Waals surface area contributed by atoms with E-state index >= 15 is 0 Å². The van der Waals surface area contributed by atoms with Gasteiger partial charge in [0.15, 0.2) is 0 Å². The second-order valence-electron chi connectivity index (χ2n) is 3.68. The summed E-state index contributed by atoms with van der Waals surface area (Å²) in [6.07, 6.45) is 3.95. The Labute approximate surface area is 98.2 Å². The summed E-state index contributed by atoms with van der Waals surface area (Å²) in [6, 6.07) is 6.10. The number of piperidine rings is 1. The monoisotopic (exact) mass is 273 g/mol. The third-order valence-corrected chi connectivity index (χ3v) is 3.24. The maximum Gasteiger partial charge on any atom is 0.0437 e. The molecule has 0 aliphatic carbocycles. The minimum atomic E-state index is 0.806. The van der Waals surface area contributed by atoms with Gasteiger partial charge in [-0.1, -0.05) is 27.5 Å². The van der Waals surface area contributed by atoms with Gasteiger partial charge in [0.25, 0.3) is 0 Å². The summed E-state index contributed by atoms with van der Waals surface area (Å²) in [5, 5.41) is 0.806. The van der Waals surface area contributed by atoms with Crippen molar-refractivity contribution < 1.29 is 0 Å². The molecule has 1 fully saturated rings. The highest BCUT2D eigenvalue weighted by atomic mass is 79.9. The molecule has 1 saturated heterocycles. The number of halogens is 2. The van der Waals surface area contributed by atoms with Gasteiger partial charge >= 0.3 is 0 Å². The van der Waals surface area contributed by atoms with Crippen LogP contribution in [0.15, 0.2) is 22.7 Å². The highest BCUT2D eigenvalue weighted by molar-refractivity contribution is 9.10. The van der Waals surface area contributed by atoms with Crippen molar-refractivity contribution in [3.63, 3.8) is 0 Å². The minimum Gasteiger partial charge on any atom is -0.371 e. The van der Waals surface area contributed by atoms with E-state index in [4.69, 9.17) is 11.6 Å². The Kier molecular flexibility index (Phi) is 3.34. The molecule has 0 radical (unpaired) electrons. The molecular formula is C11H13BrClN. The fraction of sp³-hybridized carbons (Fsp3) is 0.455. The van der Waals surface area contributed by atoms with Gasteiger partial charge in [0.05, 0.1) is 0 Å². The average Bonchev–Trinajstić information content (AvgIpc) is 2.18. The predicted molar refractivity (Wildman–Crippen MR) is 65.2 cm³/mol. The van der Waals surface area contributed by atoms with Gasteiger partial charge in [-0.3, -0.25) is 0 Å². The van der Waals surface area contributed by atoms with Crippen molar-refractivity contribution in [3.05, 3.63) is 27.7 Å². The van der Waals surface area contributed by atoms with Gasteiger partial charge in [0.1, 0.15) is 0 Å². The molecule has 0 bridgehead atoms. The SMILES string of the molecule is Clc1cc(Br)cc(N2CCCCC2)c1. The molecule has 0 atom stereocenters. The van der Waals surface area contributed by atoms with E-state index in [0.717, 1.165) is 22.6 Å². The Morgan fingerprint density at radius 2 is 1.79 bits per heavy atom. The fourth-order valence-corrected chi connectivity index (χ4v) is 2.72. The lowest BCUT2D eigenvalue weighted by molar-refractivity contribution is 0.578. The third-order valence-electron chi connectivity index (χ3n) is 2.57. The molecule has 0 saturated carbocycles. The molecule has 14 heavy (non-hydrogen) atoms. The maximum absolute atomic E-state index is 6.01. The molecule has 0 N–H and O–H groups in total. The quantitative estimate of drug-likeness (QED) is 0.745. The number of rotatable bonds is 1. The van der Waals surface area contributed by atoms with Crippen LogP contribution in [0.5, 0.6) is 0 Å². The molecule has 3 heteroatoms. The Morgan fingerprint density at radius 1 is 1.07 bits per heavy atom. The van der Waals surface area contributed by atoms with Crippen LogP contribution < -0.4 is 4.90 Å². The molecule has 76 valence electrons. The van der Waals surface area contributed by atoms with Crippen molar-refractivity contribution >= 4 is 33.2 Å². The Bertz CT molecular complexity index is 301. The smallest absolute Gasteiger partial charge is 0.0437 e. The predicted octanol–water partition coefficient (Wildman–Crippen LogP) is 4.09. The van der Waals surface area contributed by atoms with E-state index in [-0.39, 0.29) is 0 Å². The van der Waals surface area contributed by atoms with E-state index in [1.54, 1.807) is 0 Å². The molecule has 2 rings (SSSR count). The molecule has 1 heterocycles. The first-order valence-electron chi connectivity index (χ1n) is 4.97. The second kappa shape index (κ2) is 4.54. The van der Waals surface area contributed by atoms with Crippen LogP contribution in [0.1, 0.15) is 19.3 Å². The summed E-state index contributed by atoms with van der Waals surface area (Å²) in [5.41, 5.74) is 1.24. The first-order valence-corrected chi connectivity index (χ1v) is 6.14. The van der Waals surface area contributed by atoms with Crippen LogP contribution in [0.3, 0.4) is 0 Å². The molecule has 1 aromatic carbocycles. The zero-order valence-electron chi connectivity index (χ0n) is 7.97. The van der Waals surface area contributed by atoms with Gasteiger partial charge < -0.3 is 4.90 Å². The Morgan fingerprint density at radius 3 is 2.43 bits per heavy atom. The van der Waals surface area contributed by atoms with Gasteiger partial charge in [-0.25, -0.2) is 0 Å². The van der Waals surface area contributed by atoms with Crippen LogP contribution in [0.2, 0.25) is 5.02 Å². The Hall–Kier alpha value is -0.210. The lowest BCUT2D eigenvalue weighted by Crippen LogP contribution is -2.29. The van der Waals surface area contributed by atoms with Crippen LogP contribution in [0.4, 0.5) is 5.69 Å². The number of nitrogens with zero attached hydrogens (tertiary/aromatic N) is 1. The summed E-state index contributed by atoms with van der Waals surface area (Å²) in [4.78, 5) is 2.40. The van der Waals surface area contributed by atoms with Gasteiger partial charge in [0, 0.05) is 28.3 Å². The molecule has 1 aliphatic rings. The molecular weight excluding hydrogens is 261 g/mol. The van der Waals surface area contributed by atoms with Crippen LogP contribution >= 0.6 is 27.5 Å². The molecule has 0 spiro atoms. The minimum absolute atomic E-state index is 0.806. The first kappa shape index (κ1) is 10.3. The van der Waals surface area contributed by atoms with Crippen LogP contribution in [-0.4, -0.2) is 13.1 Å². The van der Waals surface area contributed by atoms with Gasteiger partial charge in [0.2, 0.25) is 0 Å². The van der Waals surface area contributed by atoms with Crippen LogP contribution in [-0.2, 0) is 0 Å². The lowest BCUT2D eigenvalue weighted by Gasteiger charge is -2.29. The van der Waals surface area contributed by atoms with E-state index < -0.39 is 0 Å². The van der Waals surface area contributed by atoms with Gasteiger partial charge in [-0.2, -0.15) is 0 Å². The van der Waals surface area contributed by atoms with Crippen molar-refractivity contribution in [1.29, 1.82) is 0 Å². The molecule has 1 aromatic rings. The number of anilines is 1. The summed E-state index contributed by atoms with van der Waals surface area (Å²) >= 11 is 9.48. The van der Waals surface area contributed by atoms with Crippen molar-refractivity contribution in [3.8, 4) is 0 Å². The molecule has 0 unspecified atom stereocenters. The fourth-order valence-electron chi connectivity index (χ4n) is 1.87. The van der Waals surface area contributed by atoms with E-state index in [9.17, 15) is 0 Å². The largest absolute Gasteiger partial charge is 0.371 e. The van der Waals surface area contributed by atoms with E-state index in [2.05, 4.69) is 26.9 Å². The van der Waals surface area contributed by atoms with Crippen molar-refractivity contribution in [2.45, 2.75) is 19.3 Å². The summed E-state index contributed by atoms with van der Waals surface area (Å²) < 4.78 is 1.06. The molecule has 0 amide bonds. The van der Waals surface area contributed by atoms with E-state index in [0.29, 0.717) is 0 Å². The first-order chi connectivity index (χ1) is 6.75. The molecule has 1 aliphatic heterocycles. The summed E-state index contributed by atoms with van der Waals surface area (Å²) in [7, 11) is 0. The standard InChI is InChI=1S/C11H13BrClN/c12-9-6-10(13)8-11(7-9)14-4-2-1-3-5-14/h6-8H,1-5H2. The second-order valence-corrected chi connectivity index (χ2v) is 5.03. The highest BCUT2D eigenvalue weighted by Crippen LogP contribution is 2.27. The molecule has 0 aromatic heterocycles. The number of hydrogen-bond donors (Lipinski definition) is 0. The maximum atomic E-state index is 6.01. The highest BCUT2D eigenvalue weighted by Gasteiger charge is 2.11. The van der Waals surface area contributed by atoms with Crippen LogP contribution in [0, 0.1) is 0 Å². The average molecular weight is 275 g/mol. The van der Waals surface area contributed by atoms with E-state index in [1.807, 2.05) is 12.1 Å². The van der Waals surface area contributed by atoms with Crippen molar-refractivity contribution in [2.24, 2.45) is 0 Å². The van der Waals surface area contributed by atoms with E-state index in [1.165, 1.54) is 24.9 Å². The van der Waals surface area contributed by atoms with Crippen molar-refractivity contribution in [2.75, 3.05) is 18.0 Å². The molecule has 1 nitrogen and oxygen atoms in total. The topological polar surface area (TPSA) is 3.24 Å². The summed E-state index contributed by atoms with van der Waals surface area (Å²) in [5.74, 6) is 0. The number of benzene rings is 1. The summed E-state index contributed by atoms with van der Waals surface area (Å²) in [6.45, 7) is 2.32. The van der Waals surface area contributed by atoms with Gasteiger partial charge in [-0.05, 0) is 37.5 Å². The third kappa shape index (κ3) is 2.43.